The van der Waals surface area contributed by atoms with E-state index in [0.29, 0.717) is 0 Å². The molecule has 0 N–H and O–H groups in total. The lowest BCUT2D eigenvalue weighted by atomic mass is 9.88. The summed E-state index contributed by atoms with van der Waals surface area (Å²) >= 11 is 3.71. The van der Waals surface area contributed by atoms with E-state index in [9.17, 15) is 4.79 Å². The van der Waals surface area contributed by atoms with E-state index in [1.165, 1.54) is 9.92 Å². The van der Waals surface area contributed by atoms with Crippen molar-refractivity contribution in [3.8, 4) is 0 Å². The number of thioether (sulfide) groups is 2. The van der Waals surface area contributed by atoms with E-state index in [-0.39, 0.29) is 5.78 Å². The van der Waals surface area contributed by atoms with Gasteiger partial charge in [0.05, 0.1) is 0 Å². The second-order valence-corrected chi connectivity index (χ2v) is 8.27. The third-order valence-corrected chi connectivity index (χ3v) is 6.78. The summed E-state index contributed by atoms with van der Waals surface area (Å²) in [5, 5.41) is 0. The van der Waals surface area contributed by atoms with Crippen LogP contribution in [-0.2, 0) is 4.79 Å². The monoisotopic (exact) mass is 331 g/mol. The van der Waals surface area contributed by atoms with Gasteiger partial charge in [0.2, 0.25) is 0 Å². The zero-order chi connectivity index (χ0) is 15.5. The van der Waals surface area contributed by atoms with Gasteiger partial charge in [-0.3, -0.25) is 4.79 Å². The molecule has 0 amide bonds. The lowest BCUT2D eigenvalue weighted by Gasteiger charge is -2.18. The molecule has 116 valence electrons. The van der Waals surface area contributed by atoms with E-state index in [1.807, 2.05) is 37.6 Å². The van der Waals surface area contributed by atoms with Gasteiger partial charge in [0.25, 0.3) is 0 Å². The summed E-state index contributed by atoms with van der Waals surface area (Å²) in [5.41, 5.74) is 4.33. The van der Waals surface area contributed by atoms with Crippen LogP contribution in [0.1, 0.15) is 24.8 Å². The molecule has 2 fully saturated rings. The predicted molar refractivity (Wildman–Crippen MR) is 99.5 cm³/mol. The molecule has 1 heterocycles. The van der Waals surface area contributed by atoms with Gasteiger partial charge in [0.15, 0.2) is 5.78 Å². The van der Waals surface area contributed by atoms with Crippen molar-refractivity contribution in [3.63, 3.8) is 0 Å². The molecule has 0 aromatic heterocycles. The first-order valence-electron chi connectivity index (χ1n) is 7.66. The van der Waals surface area contributed by atoms with Crippen molar-refractivity contribution in [2.24, 2.45) is 0 Å². The van der Waals surface area contributed by atoms with Gasteiger partial charge in [-0.05, 0) is 43.0 Å². The van der Waals surface area contributed by atoms with E-state index in [2.05, 4.69) is 35.2 Å². The maximum Gasteiger partial charge on any atom is 0.186 e. The highest BCUT2D eigenvalue weighted by Crippen LogP contribution is 2.42. The summed E-state index contributed by atoms with van der Waals surface area (Å²) in [7, 11) is 4.07. The number of rotatable bonds is 2. The summed E-state index contributed by atoms with van der Waals surface area (Å²) in [5.74, 6) is 2.56. The van der Waals surface area contributed by atoms with Gasteiger partial charge in [-0.15, -0.1) is 23.5 Å². The third-order valence-electron chi connectivity index (χ3n) is 3.99. The number of carbonyl (C=O) groups is 1. The number of nitrogens with zero attached hydrogens (tertiary/aromatic N) is 1. The highest BCUT2D eigenvalue weighted by Gasteiger charge is 2.25. The number of allylic oxidation sites excluding steroid dienone is 2. The Bertz CT molecular complexity index is 621. The summed E-state index contributed by atoms with van der Waals surface area (Å²) < 4.78 is 1.28. The van der Waals surface area contributed by atoms with E-state index in [0.717, 1.165) is 47.5 Å². The van der Waals surface area contributed by atoms with Crippen LogP contribution in [0.2, 0.25) is 0 Å². The fourth-order valence-electron chi connectivity index (χ4n) is 2.76. The van der Waals surface area contributed by atoms with E-state index in [1.54, 1.807) is 0 Å². The SMILES string of the molecule is CN(C)c1ccc(/C=C2/CCCC(=C3SCCS3)C2=O)cc1. The van der Waals surface area contributed by atoms with Crippen LogP contribution in [0.15, 0.2) is 39.6 Å². The predicted octanol–water partition coefficient (Wildman–Crippen LogP) is 4.58. The summed E-state index contributed by atoms with van der Waals surface area (Å²) in [4.78, 5) is 14.8. The topological polar surface area (TPSA) is 20.3 Å². The van der Waals surface area contributed by atoms with Gasteiger partial charge < -0.3 is 4.90 Å². The molecule has 1 aromatic rings. The smallest absolute Gasteiger partial charge is 0.186 e. The maximum atomic E-state index is 12.7. The average Bonchev–Trinajstić information content (AvgIpc) is 3.04. The summed E-state index contributed by atoms with van der Waals surface area (Å²) in [6.07, 6.45) is 5.02. The van der Waals surface area contributed by atoms with Gasteiger partial charge in [0, 0.05) is 46.7 Å². The Morgan fingerprint density at radius 3 is 2.36 bits per heavy atom. The molecule has 1 aliphatic carbocycles. The number of hydrogen-bond acceptors (Lipinski definition) is 4. The average molecular weight is 332 g/mol. The van der Waals surface area contributed by atoms with Crippen LogP contribution in [-0.4, -0.2) is 31.4 Å². The number of carbonyl (C=O) groups excluding carboxylic acids is 1. The molecule has 0 radical (unpaired) electrons. The van der Waals surface area contributed by atoms with Gasteiger partial charge in [-0.2, -0.15) is 0 Å². The Kier molecular flexibility index (Phi) is 4.99. The molecule has 2 aliphatic rings. The standard InChI is InChI=1S/C18H21NOS2/c1-19(2)15-8-6-13(7-9-15)12-14-4-3-5-16(17(14)20)18-21-10-11-22-18/h6-9,12H,3-5,10-11H2,1-2H3/b14-12-. The lowest BCUT2D eigenvalue weighted by molar-refractivity contribution is -0.112. The minimum Gasteiger partial charge on any atom is -0.378 e. The van der Waals surface area contributed by atoms with Crippen molar-refractivity contribution < 1.29 is 4.79 Å². The molecule has 1 aliphatic heterocycles. The Morgan fingerprint density at radius 1 is 1.05 bits per heavy atom. The van der Waals surface area contributed by atoms with Crippen LogP contribution in [0.5, 0.6) is 0 Å². The largest absolute Gasteiger partial charge is 0.378 e. The van der Waals surface area contributed by atoms with Gasteiger partial charge >= 0.3 is 0 Å². The highest BCUT2D eigenvalue weighted by atomic mass is 32.2. The van der Waals surface area contributed by atoms with Crippen LogP contribution in [0, 0.1) is 0 Å². The van der Waals surface area contributed by atoms with Crippen LogP contribution in [0.4, 0.5) is 5.69 Å². The molecule has 22 heavy (non-hydrogen) atoms. The molecule has 4 heteroatoms. The Balaban J connectivity index is 1.84. The third kappa shape index (κ3) is 3.44. The number of benzene rings is 1. The Hall–Kier alpha value is -1.13. The van der Waals surface area contributed by atoms with Crippen molar-refractivity contribution >= 4 is 41.1 Å². The lowest BCUT2D eigenvalue weighted by Crippen LogP contribution is -2.13. The van der Waals surface area contributed by atoms with E-state index < -0.39 is 0 Å². The van der Waals surface area contributed by atoms with Gasteiger partial charge in [0.1, 0.15) is 0 Å². The van der Waals surface area contributed by atoms with E-state index >= 15 is 0 Å². The first-order chi connectivity index (χ1) is 10.6. The Labute approximate surface area is 141 Å². The minimum atomic E-state index is 0.278. The van der Waals surface area contributed by atoms with Crippen LogP contribution in [0.25, 0.3) is 6.08 Å². The van der Waals surface area contributed by atoms with Crippen molar-refractivity contribution in [1.82, 2.24) is 0 Å². The second-order valence-electron chi connectivity index (χ2n) is 5.80. The molecule has 2 nitrogen and oxygen atoms in total. The van der Waals surface area contributed by atoms with Gasteiger partial charge in [-0.1, -0.05) is 12.1 Å². The molecule has 0 bridgehead atoms. The molecule has 1 aromatic carbocycles. The quantitative estimate of drug-likeness (QED) is 0.739. The summed E-state index contributed by atoms with van der Waals surface area (Å²) in [6, 6.07) is 8.38. The highest BCUT2D eigenvalue weighted by molar-refractivity contribution is 8.25. The molecule has 3 rings (SSSR count). The molecule has 0 spiro atoms. The van der Waals surface area contributed by atoms with Crippen LogP contribution in [0.3, 0.4) is 0 Å². The van der Waals surface area contributed by atoms with Crippen molar-refractivity contribution in [3.05, 3.63) is 45.2 Å². The minimum absolute atomic E-state index is 0.278. The van der Waals surface area contributed by atoms with E-state index in [4.69, 9.17) is 0 Å². The number of anilines is 1. The van der Waals surface area contributed by atoms with Gasteiger partial charge in [-0.25, -0.2) is 0 Å². The zero-order valence-corrected chi connectivity index (χ0v) is 14.7. The zero-order valence-electron chi connectivity index (χ0n) is 13.1. The number of hydrogen-bond donors (Lipinski definition) is 0. The molecule has 1 saturated heterocycles. The summed E-state index contributed by atoms with van der Waals surface area (Å²) in [6.45, 7) is 0. The fourth-order valence-corrected chi connectivity index (χ4v) is 5.37. The molecule has 0 atom stereocenters. The molecule has 1 saturated carbocycles. The van der Waals surface area contributed by atoms with Crippen molar-refractivity contribution in [2.75, 3.05) is 30.5 Å². The number of ketones is 1. The number of Topliss-reactive ketones (excluding diaryl/α,β-unsaturated/α-hetero) is 1. The first-order valence-corrected chi connectivity index (χ1v) is 9.63. The fraction of sp³-hybridized carbons (Fsp3) is 0.389. The second kappa shape index (κ2) is 6.97. The van der Waals surface area contributed by atoms with Crippen molar-refractivity contribution in [2.45, 2.75) is 19.3 Å². The molecule has 0 unspecified atom stereocenters. The maximum absolute atomic E-state index is 12.7. The first kappa shape index (κ1) is 15.8. The van der Waals surface area contributed by atoms with Crippen LogP contribution >= 0.6 is 23.5 Å². The Morgan fingerprint density at radius 2 is 1.73 bits per heavy atom. The molecular weight excluding hydrogens is 310 g/mol. The van der Waals surface area contributed by atoms with Crippen LogP contribution < -0.4 is 4.90 Å². The molecular formula is C18H21NOS2. The van der Waals surface area contributed by atoms with Crippen molar-refractivity contribution in [1.29, 1.82) is 0 Å². The normalized spacial score (nSPS) is 20.8.